The highest BCUT2D eigenvalue weighted by atomic mass is 19.1. The summed E-state index contributed by atoms with van der Waals surface area (Å²) in [6, 6.07) is 6.25. The van der Waals surface area contributed by atoms with Crippen LogP contribution in [-0.2, 0) is 4.79 Å². The maximum Gasteiger partial charge on any atom is 0.255 e. The molecule has 0 spiro atoms. The third-order valence-corrected chi connectivity index (χ3v) is 6.05. The number of pyridine rings is 1. The van der Waals surface area contributed by atoms with E-state index in [9.17, 15) is 14.0 Å². The number of H-pyrrole nitrogens is 1. The van der Waals surface area contributed by atoms with Gasteiger partial charge in [0.25, 0.3) is 5.91 Å². The van der Waals surface area contributed by atoms with Crippen LogP contribution in [0.3, 0.4) is 0 Å². The van der Waals surface area contributed by atoms with Gasteiger partial charge in [-0.15, -0.1) is 0 Å². The lowest BCUT2D eigenvalue weighted by molar-refractivity contribution is -0.111. The first-order chi connectivity index (χ1) is 17.0. The zero-order valence-electron chi connectivity index (χ0n) is 19.6. The highest BCUT2D eigenvalue weighted by molar-refractivity contribution is 6.07. The molecule has 3 heterocycles. The molecule has 10 heteroatoms. The molecule has 1 aliphatic rings. The molecule has 3 aromatic rings. The molecule has 9 nitrogen and oxygen atoms in total. The first-order valence-corrected chi connectivity index (χ1v) is 11.4. The lowest BCUT2D eigenvalue weighted by Gasteiger charge is -2.26. The van der Waals surface area contributed by atoms with Gasteiger partial charge in [-0.2, -0.15) is 0 Å². The number of amides is 1. The molecule has 35 heavy (non-hydrogen) atoms. The van der Waals surface area contributed by atoms with Gasteiger partial charge in [0.2, 0.25) is 0 Å². The molecule has 5 N–H and O–H groups in total. The summed E-state index contributed by atoms with van der Waals surface area (Å²) < 4.78 is 25.6. The average molecular weight is 482 g/mol. The first-order valence-electron chi connectivity index (χ1n) is 11.4. The summed E-state index contributed by atoms with van der Waals surface area (Å²) in [5.41, 5.74) is 8.52. The second-order valence-corrected chi connectivity index (χ2v) is 8.28. The van der Waals surface area contributed by atoms with E-state index in [1.54, 1.807) is 37.5 Å². The molecule has 0 fully saturated rings. The van der Waals surface area contributed by atoms with Gasteiger partial charge in [0, 0.05) is 35.8 Å². The van der Waals surface area contributed by atoms with Gasteiger partial charge >= 0.3 is 0 Å². The number of aromatic amines is 1. The van der Waals surface area contributed by atoms with Crippen LogP contribution in [0.5, 0.6) is 11.5 Å². The van der Waals surface area contributed by atoms with Crippen molar-refractivity contribution in [3.63, 3.8) is 0 Å². The van der Waals surface area contributed by atoms with E-state index < -0.39 is 5.82 Å². The molecule has 1 aromatic carbocycles. The Morgan fingerprint density at radius 3 is 2.94 bits per heavy atom. The van der Waals surface area contributed by atoms with Crippen LogP contribution in [0.4, 0.5) is 15.8 Å². The van der Waals surface area contributed by atoms with E-state index in [4.69, 9.17) is 15.2 Å². The van der Waals surface area contributed by atoms with E-state index in [1.165, 1.54) is 13.2 Å². The van der Waals surface area contributed by atoms with Gasteiger partial charge in [-0.25, -0.2) is 4.39 Å². The highest BCUT2D eigenvalue weighted by Crippen LogP contribution is 2.44. The van der Waals surface area contributed by atoms with E-state index >= 15 is 0 Å². The second kappa shape index (κ2) is 10.6. The number of hydrogen-bond donors (Lipinski definition) is 4. The third kappa shape index (κ3) is 4.69. The summed E-state index contributed by atoms with van der Waals surface area (Å²) in [4.78, 5) is 32.3. The fraction of sp³-hybridized carbons (Fsp3) is 0.320. The fourth-order valence-corrected chi connectivity index (χ4v) is 4.21. The lowest BCUT2D eigenvalue weighted by atomic mass is 9.87. The molecule has 4 rings (SSSR count). The molecule has 2 unspecified atom stereocenters. The van der Waals surface area contributed by atoms with Crippen LogP contribution in [0.25, 0.3) is 11.3 Å². The Kier molecular flexibility index (Phi) is 7.31. The summed E-state index contributed by atoms with van der Waals surface area (Å²) in [5.74, 6) is -0.974. The van der Waals surface area contributed by atoms with Crippen molar-refractivity contribution < 1.29 is 23.5 Å². The summed E-state index contributed by atoms with van der Waals surface area (Å²) in [6.07, 6.45) is 4.72. The monoisotopic (exact) mass is 481 g/mol. The molecule has 1 amide bonds. The van der Waals surface area contributed by atoms with Crippen molar-refractivity contribution in [2.24, 2.45) is 11.7 Å². The van der Waals surface area contributed by atoms with Crippen LogP contribution in [0.15, 0.2) is 36.7 Å². The van der Waals surface area contributed by atoms with Crippen molar-refractivity contribution in [2.75, 3.05) is 32.1 Å². The highest BCUT2D eigenvalue weighted by Gasteiger charge is 2.36. The van der Waals surface area contributed by atoms with Gasteiger partial charge in [0.1, 0.15) is 12.0 Å². The van der Waals surface area contributed by atoms with Crippen molar-refractivity contribution >= 4 is 23.6 Å². The summed E-state index contributed by atoms with van der Waals surface area (Å²) in [6.45, 7) is 2.98. The first kappa shape index (κ1) is 24.2. The van der Waals surface area contributed by atoms with Gasteiger partial charge < -0.3 is 35.6 Å². The number of carbonyl (C=O) groups is 2. The smallest absolute Gasteiger partial charge is 0.255 e. The van der Waals surface area contributed by atoms with Crippen LogP contribution in [0, 0.1) is 11.7 Å². The molecule has 0 bridgehead atoms. The third-order valence-electron chi connectivity index (χ3n) is 6.05. The Balaban J connectivity index is 1.92. The Bertz CT molecular complexity index is 1230. The quantitative estimate of drug-likeness (QED) is 0.258. The number of hydrogen-bond acceptors (Lipinski definition) is 7. The molecule has 2 aromatic heterocycles. The minimum absolute atomic E-state index is 0.0107. The van der Waals surface area contributed by atoms with E-state index in [1.807, 2.05) is 0 Å². The zero-order chi connectivity index (χ0) is 24.9. The number of rotatable bonds is 10. The van der Waals surface area contributed by atoms with Crippen LogP contribution in [0.2, 0.25) is 0 Å². The van der Waals surface area contributed by atoms with E-state index in [0.29, 0.717) is 65.8 Å². The average Bonchev–Trinajstić information content (AvgIpc) is 3.24. The largest absolute Gasteiger partial charge is 0.492 e. The molecule has 0 aliphatic carbocycles. The van der Waals surface area contributed by atoms with Crippen LogP contribution < -0.4 is 25.8 Å². The number of carbonyl (C=O) groups excluding carboxylic acids is 2. The molecule has 1 aliphatic heterocycles. The molecule has 0 saturated heterocycles. The Hall–Kier alpha value is -3.92. The number of para-hydroxylation sites is 1. The molecule has 184 valence electrons. The van der Waals surface area contributed by atoms with Crippen molar-refractivity contribution in [1.82, 2.24) is 15.3 Å². The SMILES string of the molecule is COc1c(F)cccc1Nc1c(-c2ccncc2OCCCN)[nH]c2c1C(=O)NCC2C(C)C=O. The number of anilines is 2. The molecule has 2 atom stereocenters. The van der Waals surface area contributed by atoms with E-state index in [-0.39, 0.29) is 23.5 Å². The van der Waals surface area contributed by atoms with Gasteiger partial charge in [-0.3, -0.25) is 9.78 Å². The topological polar surface area (TPSA) is 131 Å². The minimum Gasteiger partial charge on any atom is -0.492 e. The standard InChI is InChI=1S/C25H28FN5O4/c1-14(13-32)16-11-29-25(33)20-21(16)31-22(15-7-9-28-12-19(15)35-10-4-8-27)23(20)30-18-6-3-5-17(26)24(18)34-2/h3,5-7,9,12-14,16,30-31H,4,8,10-11,27H2,1-2H3,(H,29,33). The van der Waals surface area contributed by atoms with Crippen LogP contribution in [-0.4, -0.2) is 49.0 Å². The second-order valence-electron chi connectivity index (χ2n) is 8.28. The lowest BCUT2D eigenvalue weighted by Crippen LogP contribution is -2.37. The summed E-state index contributed by atoms with van der Waals surface area (Å²) >= 11 is 0. The van der Waals surface area contributed by atoms with E-state index in [2.05, 4.69) is 20.6 Å². The maximum atomic E-state index is 14.4. The number of methoxy groups -OCH3 is 1. The number of nitrogens with one attached hydrogen (secondary N) is 3. The molecular weight excluding hydrogens is 453 g/mol. The van der Waals surface area contributed by atoms with Gasteiger partial charge in [0.15, 0.2) is 11.6 Å². The molecule has 0 radical (unpaired) electrons. The van der Waals surface area contributed by atoms with Gasteiger partial charge in [0.05, 0.1) is 42.5 Å². The number of halogens is 1. The van der Waals surface area contributed by atoms with E-state index in [0.717, 1.165) is 6.29 Å². The van der Waals surface area contributed by atoms with Gasteiger partial charge in [-0.1, -0.05) is 13.0 Å². The van der Waals surface area contributed by atoms with Crippen molar-refractivity contribution in [3.05, 3.63) is 53.7 Å². The number of aromatic nitrogens is 2. The number of ether oxygens (including phenoxy) is 2. The Morgan fingerprint density at radius 2 is 2.20 bits per heavy atom. The summed E-state index contributed by atoms with van der Waals surface area (Å²) in [7, 11) is 1.37. The predicted molar refractivity (Wildman–Crippen MR) is 130 cm³/mol. The number of aldehydes is 1. The fourth-order valence-electron chi connectivity index (χ4n) is 4.21. The van der Waals surface area contributed by atoms with Crippen LogP contribution >= 0.6 is 0 Å². The van der Waals surface area contributed by atoms with Crippen LogP contribution in [0.1, 0.15) is 35.3 Å². The minimum atomic E-state index is -0.546. The van der Waals surface area contributed by atoms with Gasteiger partial charge in [-0.05, 0) is 31.2 Å². The van der Waals surface area contributed by atoms with Crippen molar-refractivity contribution in [1.29, 1.82) is 0 Å². The molecule has 0 saturated carbocycles. The Morgan fingerprint density at radius 1 is 1.37 bits per heavy atom. The number of nitrogens with zero attached hydrogens (tertiary/aromatic N) is 1. The predicted octanol–water partition coefficient (Wildman–Crippen LogP) is 3.36. The molecular formula is C25H28FN5O4. The normalized spacial score (nSPS) is 15.7. The zero-order valence-corrected chi connectivity index (χ0v) is 19.6. The summed E-state index contributed by atoms with van der Waals surface area (Å²) in [5, 5.41) is 6.07. The maximum absolute atomic E-state index is 14.4. The number of fused-ring (bicyclic) bond motifs is 1. The Labute approximate surface area is 202 Å². The number of nitrogens with two attached hydrogens (primary N) is 1. The van der Waals surface area contributed by atoms with Crippen molar-refractivity contribution in [2.45, 2.75) is 19.3 Å². The van der Waals surface area contributed by atoms with Crippen molar-refractivity contribution in [3.8, 4) is 22.8 Å². The number of benzene rings is 1.